The molecule has 2 heterocycles. The molecule has 6 heteroatoms. The van der Waals surface area contributed by atoms with Gasteiger partial charge in [-0.2, -0.15) is 5.10 Å². The lowest BCUT2D eigenvalue weighted by atomic mass is 10.1. The number of esters is 1. The Kier molecular flexibility index (Phi) is 5.27. The highest BCUT2D eigenvalue weighted by Gasteiger charge is 2.25. The van der Waals surface area contributed by atoms with Crippen molar-refractivity contribution in [3.05, 3.63) is 72.4 Å². The van der Waals surface area contributed by atoms with Crippen molar-refractivity contribution in [2.24, 2.45) is 0 Å². The lowest BCUT2D eigenvalue weighted by molar-refractivity contribution is -0.172. The summed E-state index contributed by atoms with van der Waals surface area (Å²) >= 11 is 0. The Morgan fingerprint density at radius 2 is 1.81 bits per heavy atom. The predicted molar refractivity (Wildman–Crippen MR) is 99.4 cm³/mol. The van der Waals surface area contributed by atoms with Crippen molar-refractivity contribution in [2.45, 2.75) is 12.7 Å². The zero-order valence-corrected chi connectivity index (χ0v) is 14.8. The lowest BCUT2D eigenvalue weighted by Gasteiger charge is -2.21. The Balaban J connectivity index is 1.58. The summed E-state index contributed by atoms with van der Waals surface area (Å²) in [7, 11) is 0. The molecule has 1 atom stereocenters. The van der Waals surface area contributed by atoms with Gasteiger partial charge in [-0.25, -0.2) is 9.48 Å². The molecule has 0 aliphatic carbocycles. The minimum absolute atomic E-state index is 0.121. The molecule has 1 aliphatic rings. The number of benzene rings is 2. The highest BCUT2D eigenvalue weighted by atomic mass is 16.6. The molecule has 4 rings (SSSR count). The lowest BCUT2D eigenvalue weighted by Crippen LogP contribution is -2.36. The topological polar surface area (TPSA) is 62.6 Å². The summed E-state index contributed by atoms with van der Waals surface area (Å²) in [5.74, 6) is -0.416. The van der Waals surface area contributed by atoms with Crippen molar-refractivity contribution in [3.63, 3.8) is 0 Å². The van der Waals surface area contributed by atoms with E-state index in [0.29, 0.717) is 13.2 Å². The van der Waals surface area contributed by atoms with Crippen LogP contribution in [0.2, 0.25) is 0 Å². The summed E-state index contributed by atoms with van der Waals surface area (Å²) in [6.45, 7) is 1.26. The van der Waals surface area contributed by atoms with Gasteiger partial charge in [0.05, 0.1) is 31.2 Å². The standard InChI is InChI=1S/C21H20N2O4/c24-21(19-15-25-11-12-26-19)27-14-17-13-23(18-9-5-2-6-10-18)22-20(17)16-7-3-1-4-8-16/h1-10,13,19H,11-12,14-15H2. The van der Waals surface area contributed by atoms with Crippen molar-refractivity contribution in [2.75, 3.05) is 19.8 Å². The van der Waals surface area contributed by atoms with Crippen LogP contribution in [0.1, 0.15) is 5.56 Å². The van der Waals surface area contributed by atoms with E-state index in [1.165, 1.54) is 0 Å². The summed E-state index contributed by atoms with van der Waals surface area (Å²) < 4.78 is 17.9. The molecule has 138 valence electrons. The second kappa shape index (κ2) is 8.16. The smallest absolute Gasteiger partial charge is 0.338 e. The van der Waals surface area contributed by atoms with Crippen LogP contribution in [0.15, 0.2) is 66.9 Å². The molecule has 27 heavy (non-hydrogen) atoms. The third-order valence-electron chi connectivity index (χ3n) is 4.31. The van der Waals surface area contributed by atoms with E-state index in [9.17, 15) is 4.79 Å². The molecule has 0 N–H and O–H groups in total. The van der Waals surface area contributed by atoms with Crippen LogP contribution in [-0.4, -0.2) is 41.7 Å². The molecule has 6 nitrogen and oxygen atoms in total. The highest BCUT2D eigenvalue weighted by molar-refractivity contribution is 5.75. The van der Waals surface area contributed by atoms with Crippen LogP contribution in [0.25, 0.3) is 16.9 Å². The van der Waals surface area contributed by atoms with Crippen LogP contribution in [0.3, 0.4) is 0 Å². The first-order chi connectivity index (χ1) is 13.3. The number of carbonyl (C=O) groups excluding carboxylic acids is 1. The fraction of sp³-hybridized carbons (Fsp3) is 0.238. The van der Waals surface area contributed by atoms with Crippen LogP contribution >= 0.6 is 0 Å². The SMILES string of the molecule is O=C(OCc1cn(-c2ccccc2)nc1-c1ccccc1)C1COCCO1. The molecule has 2 aromatic carbocycles. The van der Waals surface area contributed by atoms with Gasteiger partial charge in [0.1, 0.15) is 6.61 Å². The second-order valence-electron chi connectivity index (χ2n) is 6.19. The zero-order valence-electron chi connectivity index (χ0n) is 14.8. The summed E-state index contributed by atoms with van der Waals surface area (Å²) in [6, 6.07) is 19.7. The number of hydrogen-bond acceptors (Lipinski definition) is 5. The van der Waals surface area contributed by atoms with E-state index in [4.69, 9.17) is 19.3 Å². The molecular weight excluding hydrogens is 344 g/mol. The van der Waals surface area contributed by atoms with Crippen molar-refractivity contribution >= 4 is 5.97 Å². The van der Waals surface area contributed by atoms with E-state index in [1.54, 1.807) is 4.68 Å². The number of carbonyl (C=O) groups is 1. The quantitative estimate of drug-likeness (QED) is 0.651. The molecule has 0 saturated carbocycles. The number of aromatic nitrogens is 2. The third kappa shape index (κ3) is 4.07. The van der Waals surface area contributed by atoms with Crippen molar-refractivity contribution in [1.82, 2.24) is 9.78 Å². The van der Waals surface area contributed by atoms with Crippen molar-refractivity contribution in [3.8, 4) is 16.9 Å². The minimum atomic E-state index is -0.664. The number of para-hydroxylation sites is 1. The van der Waals surface area contributed by atoms with Crippen LogP contribution in [0.4, 0.5) is 0 Å². The molecule has 1 fully saturated rings. The van der Waals surface area contributed by atoms with Crippen LogP contribution < -0.4 is 0 Å². The number of ether oxygens (including phenoxy) is 3. The van der Waals surface area contributed by atoms with E-state index in [-0.39, 0.29) is 13.2 Å². The highest BCUT2D eigenvalue weighted by Crippen LogP contribution is 2.24. The van der Waals surface area contributed by atoms with Gasteiger partial charge in [0, 0.05) is 17.3 Å². The first kappa shape index (κ1) is 17.5. The van der Waals surface area contributed by atoms with Crippen molar-refractivity contribution < 1.29 is 19.0 Å². The van der Waals surface area contributed by atoms with Gasteiger partial charge < -0.3 is 14.2 Å². The molecule has 1 aliphatic heterocycles. The van der Waals surface area contributed by atoms with Gasteiger partial charge in [-0.15, -0.1) is 0 Å². The van der Waals surface area contributed by atoms with Gasteiger partial charge in [0.25, 0.3) is 0 Å². The van der Waals surface area contributed by atoms with Gasteiger partial charge in [0.2, 0.25) is 0 Å². The average Bonchev–Trinajstić information content (AvgIpc) is 3.18. The van der Waals surface area contributed by atoms with Crippen molar-refractivity contribution in [1.29, 1.82) is 0 Å². The predicted octanol–water partition coefficient (Wildman–Crippen LogP) is 3.00. The summed E-state index contributed by atoms with van der Waals surface area (Å²) in [6.07, 6.45) is 1.23. The van der Waals surface area contributed by atoms with E-state index in [0.717, 1.165) is 22.5 Å². The second-order valence-corrected chi connectivity index (χ2v) is 6.19. The molecule has 1 unspecified atom stereocenters. The summed E-state index contributed by atoms with van der Waals surface area (Å²) in [5, 5.41) is 4.71. The molecule has 0 spiro atoms. The summed E-state index contributed by atoms with van der Waals surface area (Å²) in [5.41, 5.74) is 3.52. The molecular formula is C21H20N2O4. The maximum atomic E-state index is 12.2. The molecule has 1 aromatic heterocycles. The Morgan fingerprint density at radius 1 is 1.07 bits per heavy atom. The Hall–Kier alpha value is -2.96. The first-order valence-corrected chi connectivity index (χ1v) is 8.86. The molecule has 0 amide bonds. The fourth-order valence-corrected chi connectivity index (χ4v) is 2.93. The van der Waals surface area contributed by atoms with Crippen LogP contribution in [0.5, 0.6) is 0 Å². The monoisotopic (exact) mass is 364 g/mol. The molecule has 0 bridgehead atoms. The minimum Gasteiger partial charge on any atom is -0.459 e. The van der Waals surface area contributed by atoms with E-state index >= 15 is 0 Å². The number of rotatable bonds is 5. The number of nitrogens with zero attached hydrogens (tertiary/aromatic N) is 2. The number of hydrogen-bond donors (Lipinski definition) is 0. The van der Waals surface area contributed by atoms with Crippen LogP contribution in [-0.2, 0) is 25.6 Å². The largest absolute Gasteiger partial charge is 0.459 e. The maximum Gasteiger partial charge on any atom is 0.338 e. The maximum absolute atomic E-state index is 12.2. The van der Waals surface area contributed by atoms with Gasteiger partial charge in [-0.05, 0) is 12.1 Å². The summed E-state index contributed by atoms with van der Waals surface area (Å²) in [4.78, 5) is 12.2. The fourth-order valence-electron chi connectivity index (χ4n) is 2.93. The molecule has 3 aromatic rings. The molecule has 0 radical (unpaired) electrons. The third-order valence-corrected chi connectivity index (χ3v) is 4.31. The van der Waals surface area contributed by atoms with E-state index in [1.807, 2.05) is 66.9 Å². The average molecular weight is 364 g/mol. The first-order valence-electron chi connectivity index (χ1n) is 8.86. The van der Waals surface area contributed by atoms with Gasteiger partial charge in [0.15, 0.2) is 6.10 Å². The normalized spacial score (nSPS) is 16.8. The van der Waals surface area contributed by atoms with Gasteiger partial charge in [-0.1, -0.05) is 48.5 Å². The van der Waals surface area contributed by atoms with E-state index < -0.39 is 12.1 Å². The molecule has 1 saturated heterocycles. The Labute approximate surface area is 157 Å². The van der Waals surface area contributed by atoms with Gasteiger partial charge in [-0.3, -0.25) is 0 Å². The Bertz CT molecular complexity index is 887. The van der Waals surface area contributed by atoms with Crippen LogP contribution in [0, 0.1) is 0 Å². The Morgan fingerprint density at radius 3 is 2.52 bits per heavy atom. The zero-order chi connectivity index (χ0) is 18.5. The van der Waals surface area contributed by atoms with Gasteiger partial charge >= 0.3 is 5.97 Å². The van der Waals surface area contributed by atoms with E-state index in [2.05, 4.69) is 0 Å².